The SMILES string of the molecule is CCCc1nc2scc(-c3ccc(Br)cc3)c2c(=O)[nH]1. The molecule has 0 aliphatic rings. The summed E-state index contributed by atoms with van der Waals surface area (Å²) >= 11 is 4.95. The number of aromatic amines is 1. The zero-order valence-corrected chi connectivity index (χ0v) is 13.3. The number of benzene rings is 1. The standard InChI is InChI=1S/C15H13BrN2OS/c1-2-3-12-17-14(19)13-11(8-20-15(13)18-12)9-4-6-10(16)7-5-9/h4-8H,2-3H2,1H3,(H,17,18,19). The molecule has 0 aliphatic heterocycles. The first-order valence-electron chi connectivity index (χ1n) is 6.45. The third-order valence-electron chi connectivity index (χ3n) is 3.14. The van der Waals surface area contributed by atoms with E-state index in [0.717, 1.165) is 39.1 Å². The minimum absolute atomic E-state index is 0.0439. The second-order valence-electron chi connectivity index (χ2n) is 4.60. The van der Waals surface area contributed by atoms with Crippen molar-refractivity contribution in [3.05, 3.63) is 50.3 Å². The fourth-order valence-electron chi connectivity index (χ4n) is 2.19. The molecule has 0 aliphatic carbocycles. The molecule has 1 aromatic carbocycles. The summed E-state index contributed by atoms with van der Waals surface area (Å²) in [6.07, 6.45) is 1.77. The van der Waals surface area contributed by atoms with E-state index in [1.54, 1.807) is 0 Å². The Morgan fingerprint density at radius 1 is 1.30 bits per heavy atom. The van der Waals surface area contributed by atoms with E-state index >= 15 is 0 Å². The van der Waals surface area contributed by atoms with Crippen molar-refractivity contribution >= 4 is 37.5 Å². The number of halogens is 1. The summed E-state index contributed by atoms with van der Waals surface area (Å²) in [7, 11) is 0. The molecule has 20 heavy (non-hydrogen) atoms. The first kappa shape index (κ1) is 13.5. The Labute approximate surface area is 128 Å². The lowest BCUT2D eigenvalue weighted by atomic mass is 10.1. The van der Waals surface area contributed by atoms with Crippen LogP contribution in [0.3, 0.4) is 0 Å². The van der Waals surface area contributed by atoms with Gasteiger partial charge in [0.15, 0.2) is 0 Å². The van der Waals surface area contributed by atoms with Gasteiger partial charge in [-0.15, -0.1) is 11.3 Å². The van der Waals surface area contributed by atoms with Gasteiger partial charge >= 0.3 is 0 Å². The second kappa shape index (κ2) is 5.50. The third-order valence-corrected chi connectivity index (χ3v) is 4.54. The maximum Gasteiger partial charge on any atom is 0.260 e. The number of nitrogens with one attached hydrogen (secondary N) is 1. The lowest BCUT2D eigenvalue weighted by Gasteiger charge is -2.01. The highest BCUT2D eigenvalue weighted by Gasteiger charge is 2.12. The number of hydrogen-bond acceptors (Lipinski definition) is 3. The summed E-state index contributed by atoms with van der Waals surface area (Å²) in [5.41, 5.74) is 1.95. The predicted octanol–water partition coefficient (Wildman–Crippen LogP) is 4.37. The van der Waals surface area contributed by atoms with Gasteiger partial charge in [-0.25, -0.2) is 4.98 Å². The van der Waals surface area contributed by atoms with Crippen LogP contribution in [0.25, 0.3) is 21.3 Å². The highest BCUT2D eigenvalue weighted by atomic mass is 79.9. The summed E-state index contributed by atoms with van der Waals surface area (Å²) in [5, 5.41) is 2.70. The molecule has 0 spiro atoms. The number of fused-ring (bicyclic) bond motifs is 1. The van der Waals surface area contributed by atoms with Gasteiger partial charge in [-0.2, -0.15) is 0 Å². The third kappa shape index (κ3) is 2.43. The van der Waals surface area contributed by atoms with E-state index in [2.05, 4.69) is 32.8 Å². The van der Waals surface area contributed by atoms with Gasteiger partial charge in [0.1, 0.15) is 10.7 Å². The maximum absolute atomic E-state index is 12.3. The molecule has 3 rings (SSSR count). The van der Waals surface area contributed by atoms with Gasteiger partial charge in [0, 0.05) is 21.8 Å². The predicted molar refractivity (Wildman–Crippen MR) is 87.4 cm³/mol. The van der Waals surface area contributed by atoms with Crippen LogP contribution in [0.15, 0.2) is 38.9 Å². The van der Waals surface area contributed by atoms with Crippen molar-refractivity contribution < 1.29 is 0 Å². The molecule has 0 unspecified atom stereocenters. The first-order chi connectivity index (χ1) is 9.69. The van der Waals surface area contributed by atoms with Crippen LogP contribution in [0.4, 0.5) is 0 Å². The Morgan fingerprint density at radius 2 is 2.05 bits per heavy atom. The molecule has 0 bridgehead atoms. The van der Waals surface area contributed by atoms with Gasteiger partial charge < -0.3 is 4.98 Å². The van der Waals surface area contributed by atoms with Gasteiger partial charge in [0.2, 0.25) is 0 Å². The molecule has 102 valence electrons. The van der Waals surface area contributed by atoms with Crippen LogP contribution in [-0.2, 0) is 6.42 Å². The second-order valence-corrected chi connectivity index (χ2v) is 6.37. The Bertz CT molecular complexity index is 805. The smallest absolute Gasteiger partial charge is 0.260 e. The number of aromatic nitrogens is 2. The molecule has 0 amide bonds. The molecular formula is C15H13BrN2OS. The maximum atomic E-state index is 12.3. The summed E-state index contributed by atoms with van der Waals surface area (Å²) in [6, 6.07) is 7.97. The van der Waals surface area contributed by atoms with E-state index in [4.69, 9.17) is 0 Å². The number of rotatable bonds is 3. The van der Waals surface area contributed by atoms with Crippen molar-refractivity contribution in [1.82, 2.24) is 9.97 Å². The first-order valence-corrected chi connectivity index (χ1v) is 8.12. The van der Waals surface area contributed by atoms with Crippen molar-refractivity contribution in [3.63, 3.8) is 0 Å². The number of nitrogens with zero attached hydrogens (tertiary/aromatic N) is 1. The molecular weight excluding hydrogens is 336 g/mol. The van der Waals surface area contributed by atoms with Gasteiger partial charge in [0.05, 0.1) is 5.39 Å². The van der Waals surface area contributed by atoms with E-state index in [1.165, 1.54) is 11.3 Å². The Hall–Kier alpha value is -1.46. The zero-order valence-electron chi connectivity index (χ0n) is 10.9. The van der Waals surface area contributed by atoms with E-state index in [0.29, 0.717) is 5.39 Å². The zero-order chi connectivity index (χ0) is 14.1. The number of thiophene rings is 1. The normalized spacial score (nSPS) is 11.1. The molecule has 2 heterocycles. The fraction of sp³-hybridized carbons (Fsp3) is 0.200. The lowest BCUT2D eigenvalue weighted by Crippen LogP contribution is -2.11. The molecule has 0 saturated heterocycles. The highest BCUT2D eigenvalue weighted by Crippen LogP contribution is 2.31. The van der Waals surface area contributed by atoms with Crippen LogP contribution < -0.4 is 5.56 Å². The quantitative estimate of drug-likeness (QED) is 0.763. The molecule has 2 aromatic heterocycles. The Kier molecular flexibility index (Phi) is 3.72. The van der Waals surface area contributed by atoms with E-state index < -0.39 is 0 Å². The van der Waals surface area contributed by atoms with Crippen molar-refractivity contribution in [3.8, 4) is 11.1 Å². The van der Waals surface area contributed by atoms with Crippen LogP contribution in [0.2, 0.25) is 0 Å². The Balaban J connectivity index is 2.18. The van der Waals surface area contributed by atoms with Crippen LogP contribution in [0.1, 0.15) is 19.2 Å². The molecule has 0 saturated carbocycles. The summed E-state index contributed by atoms with van der Waals surface area (Å²) in [6.45, 7) is 2.08. The minimum atomic E-state index is -0.0439. The molecule has 0 fully saturated rings. The lowest BCUT2D eigenvalue weighted by molar-refractivity contribution is 0.838. The summed E-state index contributed by atoms with van der Waals surface area (Å²) < 4.78 is 1.03. The number of aryl methyl sites for hydroxylation is 1. The largest absolute Gasteiger partial charge is 0.310 e. The number of H-pyrrole nitrogens is 1. The van der Waals surface area contributed by atoms with Crippen molar-refractivity contribution in [2.24, 2.45) is 0 Å². The molecule has 1 N–H and O–H groups in total. The van der Waals surface area contributed by atoms with E-state index in [1.807, 2.05) is 29.6 Å². The van der Waals surface area contributed by atoms with Crippen LogP contribution in [0, 0.1) is 0 Å². The molecule has 3 nitrogen and oxygen atoms in total. The van der Waals surface area contributed by atoms with Crippen molar-refractivity contribution in [2.75, 3.05) is 0 Å². The van der Waals surface area contributed by atoms with E-state index in [-0.39, 0.29) is 5.56 Å². The van der Waals surface area contributed by atoms with Crippen molar-refractivity contribution in [2.45, 2.75) is 19.8 Å². The summed E-state index contributed by atoms with van der Waals surface area (Å²) in [4.78, 5) is 20.5. The highest BCUT2D eigenvalue weighted by molar-refractivity contribution is 9.10. The van der Waals surface area contributed by atoms with Gasteiger partial charge in [-0.3, -0.25) is 4.79 Å². The van der Waals surface area contributed by atoms with Crippen molar-refractivity contribution in [1.29, 1.82) is 0 Å². The van der Waals surface area contributed by atoms with E-state index in [9.17, 15) is 4.79 Å². The van der Waals surface area contributed by atoms with Crippen LogP contribution in [-0.4, -0.2) is 9.97 Å². The monoisotopic (exact) mass is 348 g/mol. The summed E-state index contributed by atoms with van der Waals surface area (Å²) in [5.74, 6) is 0.772. The van der Waals surface area contributed by atoms with Crippen LogP contribution in [0.5, 0.6) is 0 Å². The molecule has 0 radical (unpaired) electrons. The number of hydrogen-bond donors (Lipinski definition) is 1. The molecule has 5 heteroatoms. The molecule has 3 aromatic rings. The van der Waals surface area contributed by atoms with Crippen LogP contribution >= 0.6 is 27.3 Å². The van der Waals surface area contributed by atoms with Gasteiger partial charge in [0.25, 0.3) is 5.56 Å². The average molecular weight is 349 g/mol. The van der Waals surface area contributed by atoms with Gasteiger partial charge in [-0.05, 0) is 24.1 Å². The fourth-order valence-corrected chi connectivity index (χ4v) is 3.42. The average Bonchev–Trinajstić information content (AvgIpc) is 2.84. The minimum Gasteiger partial charge on any atom is -0.310 e. The molecule has 0 atom stereocenters. The Morgan fingerprint density at radius 3 is 2.75 bits per heavy atom. The van der Waals surface area contributed by atoms with Gasteiger partial charge in [-0.1, -0.05) is 35.0 Å². The topological polar surface area (TPSA) is 45.8 Å².